The van der Waals surface area contributed by atoms with Crippen molar-refractivity contribution in [2.75, 3.05) is 0 Å². The summed E-state index contributed by atoms with van der Waals surface area (Å²) in [5.41, 5.74) is 12.3. The van der Waals surface area contributed by atoms with Gasteiger partial charge in [-0.2, -0.15) is 0 Å². The largest absolute Gasteiger partial charge is 0.456 e. The summed E-state index contributed by atoms with van der Waals surface area (Å²) in [6.07, 6.45) is 0. The van der Waals surface area contributed by atoms with Gasteiger partial charge in [0.15, 0.2) is 52.4 Å². The molecule has 129 heavy (non-hydrogen) atoms. The van der Waals surface area contributed by atoms with Crippen LogP contribution in [0.5, 0.6) is 0 Å². The van der Waals surface area contributed by atoms with Crippen LogP contribution in [0.15, 0.2) is 427 Å². The Morgan fingerprint density at radius 1 is 0.155 bits per heavy atom. The van der Waals surface area contributed by atoms with E-state index in [-0.39, 0.29) is 0 Å². The van der Waals surface area contributed by atoms with Gasteiger partial charge < -0.3 is 8.83 Å². The molecule has 0 saturated carbocycles. The summed E-state index contributed by atoms with van der Waals surface area (Å²) in [6.45, 7) is 0. The van der Waals surface area contributed by atoms with Gasteiger partial charge in [-0.1, -0.05) is 364 Å². The number of hydrogen-bond acceptors (Lipinski definition) is 12. The van der Waals surface area contributed by atoms with Gasteiger partial charge in [0.1, 0.15) is 22.3 Å². The lowest BCUT2D eigenvalue weighted by Gasteiger charge is -2.14. The maximum absolute atomic E-state index is 6.53. The Hall–Kier alpha value is -17.2. The summed E-state index contributed by atoms with van der Waals surface area (Å²) in [5, 5.41) is 28.2. The first-order valence-corrected chi connectivity index (χ1v) is 43.9. The molecule has 0 unspecified atom stereocenters. The average Bonchev–Trinajstić information content (AvgIpc) is 1.52. The fourth-order valence-corrected chi connectivity index (χ4v) is 20.1. The molecule has 27 rings (SSSR count). The van der Waals surface area contributed by atoms with E-state index in [0.29, 0.717) is 52.4 Å². The zero-order valence-corrected chi connectivity index (χ0v) is 69.9. The molecule has 21 aromatic carbocycles. The fraction of sp³-hybridized carbons (Fsp3) is 0. The summed E-state index contributed by atoms with van der Waals surface area (Å²) in [5.74, 6) is 5.90. The van der Waals surface area contributed by atoms with E-state index >= 15 is 0 Å². The highest BCUT2D eigenvalue weighted by Crippen LogP contribution is 2.49. The molecule has 0 spiro atoms. The highest BCUT2D eigenvalue weighted by atomic mass is 32.1. The Balaban J connectivity index is 0.000000105. The molecule has 0 atom stereocenters. The molecule has 0 bridgehead atoms. The normalized spacial score (nSPS) is 11.7. The number of benzene rings is 21. The van der Waals surface area contributed by atoms with E-state index in [1.165, 1.54) is 68.6 Å². The Kier molecular flexibility index (Phi) is 17.9. The Morgan fingerprint density at radius 3 is 0.853 bits per heavy atom. The molecule has 0 amide bonds. The number of nitrogens with zero attached hydrogens (tertiary/aromatic N) is 9. The zero-order chi connectivity index (χ0) is 85.0. The number of para-hydroxylation sites is 2. The summed E-state index contributed by atoms with van der Waals surface area (Å²) >= 11 is 1.86. The average molecular weight is 1660 g/mol. The lowest BCUT2D eigenvalue weighted by Crippen LogP contribution is -2.00. The third kappa shape index (κ3) is 12.9. The zero-order valence-electron chi connectivity index (χ0n) is 69.1. The summed E-state index contributed by atoms with van der Waals surface area (Å²) in [7, 11) is 0. The predicted molar refractivity (Wildman–Crippen MR) is 533 cm³/mol. The minimum absolute atomic E-state index is 0.646. The molecule has 0 fully saturated rings. The third-order valence-electron chi connectivity index (χ3n) is 24.9. The highest BCUT2D eigenvalue weighted by Gasteiger charge is 2.25. The van der Waals surface area contributed by atoms with Gasteiger partial charge in [-0.05, 0) is 135 Å². The monoisotopic (exact) mass is 1660 g/mol. The minimum atomic E-state index is 0.646. The highest BCUT2D eigenvalue weighted by molar-refractivity contribution is 7.26. The van der Waals surface area contributed by atoms with Crippen LogP contribution in [0.2, 0.25) is 0 Å². The van der Waals surface area contributed by atoms with Gasteiger partial charge >= 0.3 is 0 Å². The van der Waals surface area contributed by atoms with Gasteiger partial charge in [0.2, 0.25) is 0 Å². The maximum atomic E-state index is 6.53. The second-order valence-electron chi connectivity index (χ2n) is 32.4. The lowest BCUT2D eigenvalue weighted by molar-refractivity contribution is 0.669. The molecule has 600 valence electrons. The van der Waals surface area contributed by atoms with Crippen molar-refractivity contribution < 1.29 is 8.83 Å². The van der Waals surface area contributed by atoms with Crippen LogP contribution in [0.1, 0.15) is 0 Å². The van der Waals surface area contributed by atoms with E-state index < -0.39 is 0 Å². The molecule has 0 aliphatic heterocycles. The molecular weight excluding hydrogens is 1600 g/mol. The second kappa shape index (κ2) is 30.9. The summed E-state index contributed by atoms with van der Waals surface area (Å²) in [4.78, 5) is 45.1. The van der Waals surface area contributed by atoms with Crippen LogP contribution in [0.25, 0.3) is 263 Å². The Morgan fingerprint density at radius 2 is 0.442 bits per heavy atom. The van der Waals surface area contributed by atoms with Crippen molar-refractivity contribution in [3.05, 3.63) is 419 Å². The third-order valence-corrected chi connectivity index (χ3v) is 26.0. The molecule has 0 saturated heterocycles. The van der Waals surface area contributed by atoms with Gasteiger partial charge in [-0.25, -0.2) is 44.9 Å². The van der Waals surface area contributed by atoms with Crippen molar-refractivity contribution in [2.24, 2.45) is 0 Å². The smallest absolute Gasteiger partial charge is 0.164 e. The van der Waals surface area contributed by atoms with E-state index in [1.807, 2.05) is 193 Å². The van der Waals surface area contributed by atoms with Crippen molar-refractivity contribution in [2.45, 2.75) is 0 Å². The number of hydrogen-bond donors (Lipinski definition) is 0. The molecule has 0 aliphatic rings. The summed E-state index contributed by atoms with van der Waals surface area (Å²) < 4.78 is 15.5. The van der Waals surface area contributed by atoms with Gasteiger partial charge in [0, 0.05) is 108 Å². The minimum Gasteiger partial charge on any atom is -0.456 e. The molecular formula is C117H69N9O2S. The SMILES string of the molecule is c1ccc(-c2nc(-c3ccccc3)nc(-c3cc4ccc5ccc6c7ccccc7oc6c5c4c4ccccc34)n2)cc1.c1ccc(-c2nc(-c3ccccc3)nc(-c3cc4ccc5ccc6oc7ccccc7c6c5c4c4ccccc34)n2)cc1.c1ccc(-c2nc(-c3ccccc3)nc(-c3cc4ccc5ccc6sc7ccccc7c6c5c4c4ccccc34)n2)cc1. The Bertz CT molecular complexity index is 8660. The molecule has 11 nitrogen and oxygen atoms in total. The number of rotatable bonds is 9. The number of fused-ring (bicyclic) bond motifs is 27. The Labute approximate surface area is 742 Å². The van der Waals surface area contributed by atoms with Gasteiger partial charge in [0.05, 0.1) is 0 Å². The lowest BCUT2D eigenvalue weighted by atomic mass is 9.91. The first-order chi connectivity index (χ1) is 63.9. The molecule has 0 radical (unpaired) electrons. The van der Waals surface area contributed by atoms with Crippen LogP contribution in [-0.2, 0) is 0 Å². The molecule has 12 heteroatoms. The second-order valence-corrected chi connectivity index (χ2v) is 33.5. The standard InChI is InChI=1S/2C39H23N3O.C39H23N3S/c1-3-11-25(12-4-1)37-40-38(26-13-5-2-6-14-26)42-39(41-37)32-23-27-20-19-24-21-22-31-29-16-9-10-18-33(29)43-36(31)35(24)34(27)30-17-8-7-15-28(30)32;2*1-3-11-25(12-4-1)37-40-38(26-13-5-2-6-14-26)42-39(41-37)31-23-27-20-19-24-21-22-33-36(30-17-9-10-18-32(30)43-33)35(24)34(27)29-16-8-7-15-28(29)31/h3*1-23H. The summed E-state index contributed by atoms with van der Waals surface area (Å²) in [6, 6.07) is 145. The van der Waals surface area contributed by atoms with Gasteiger partial charge in [-0.15, -0.1) is 11.3 Å². The van der Waals surface area contributed by atoms with Crippen molar-refractivity contribution in [3.8, 4) is 102 Å². The van der Waals surface area contributed by atoms with Crippen molar-refractivity contribution in [1.82, 2.24) is 44.9 Å². The van der Waals surface area contributed by atoms with Crippen LogP contribution >= 0.6 is 11.3 Å². The van der Waals surface area contributed by atoms with Gasteiger partial charge in [0.25, 0.3) is 0 Å². The number of aromatic nitrogens is 9. The molecule has 6 heterocycles. The van der Waals surface area contributed by atoms with Crippen LogP contribution in [0, 0.1) is 0 Å². The number of furan rings is 2. The maximum Gasteiger partial charge on any atom is 0.164 e. The molecule has 0 aliphatic carbocycles. The van der Waals surface area contributed by atoms with E-state index in [0.717, 1.165) is 142 Å². The van der Waals surface area contributed by atoms with Crippen LogP contribution in [0.4, 0.5) is 0 Å². The molecule has 0 N–H and O–H groups in total. The number of thiophene rings is 1. The van der Waals surface area contributed by atoms with Crippen molar-refractivity contribution in [3.63, 3.8) is 0 Å². The first kappa shape index (κ1) is 74.4. The van der Waals surface area contributed by atoms with E-state index in [1.54, 1.807) is 0 Å². The molecule has 6 aromatic heterocycles. The first-order valence-electron chi connectivity index (χ1n) is 43.1. The van der Waals surface area contributed by atoms with Crippen LogP contribution in [-0.4, -0.2) is 44.9 Å². The van der Waals surface area contributed by atoms with E-state index in [4.69, 9.17) is 53.7 Å². The van der Waals surface area contributed by atoms with Crippen LogP contribution in [0.3, 0.4) is 0 Å². The van der Waals surface area contributed by atoms with E-state index in [9.17, 15) is 0 Å². The van der Waals surface area contributed by atoms with Crippen molar-refractivity contribution in [1.29, 1.82) is 0 Å². The topological polar surface area (TPSA) is 142 Å². The van der Waals surface area contributed by atoms with Crippen LogP contribution < -0.4 is 0 Å². The molecule has 27 aromatic rings. The fourth-order valence-electron chi connectivity index (χ4n) is 19.0. The quantitative estimate of drug-likeness (QED) is 0.127. The predicted octanol–water partition coefficient (Wildman–Crippen LogP) is 31.2. The van der Waals surface area contributed by atoms with Crippen molar-refractivity contribution >= 4 is 172 Å². The van der Waals surface area contributed by atoms with Gasteiger partial charge in [-0.3, -0.25) is 0 Å². The van der Waals surface area contributed by atoms with E-state index in [2.05, 4.69) is 237 Å².